The normalized spacial score (nSPS) is 14.1. The lowest BCUT2D eigenvalue weighted by Crippen LogP contribution is -2.31. The highest BCUT2D eigenvalue weighted by Crippen LogP contribution is 2.34. The van der Waals surface area contributed by atoms with Gasteiger partial charge in [0.15, 0.2) is 9.84 Å². The van der Waals surface area contributed by atoms with Crippen LogP contribution in [0.25, 0.3) is 0 Å². The van der Waals surface area contributed by atoms with E-state index in [1.54, 1.807) is 38.5 Å². The Balaban J connectivity index is 1.40. The van der Waals surface area contributed by atoms with Gasteiger partial charge in [0.2, 0.25) is 0 Å². The molecule has 2 N–H and O–H groups in total. The fraction of sp³-hybridized carbons (Fsp3) is 0.296. The van der Waals surface area contributed by atoms with Gasteiger partial charge in [0.1, 0.15) is 11.5 Å². The minimum atomic E-state index is -3.53. The number of hydrogen-bond donors (Lipinski definition) is 2. The van der Waals surface area contributed by atoms with Crippen molar-refractivity contribution < 1.29 is 22.7 Å². The first-order valence-corrected chi connectivity index (χ1v) is 13.3. The molecule has 36 heavy (non-hydrogen) atoms. The minimum absolute atomic E-state index is 0.0739. The van der Waals surface area contributed by atoms with Crippen molar-refractivity contribution in [1.82, 2.24) is 10.2 Å². The highest BCUT2D eigenvalue weighted by atomic mass is 32.2. The van der Waals surface area contributed by atoms with E-state index in [1.165, 1.54) is 23.3 Å². The van der Waals surface area contributed by atoms with Gasteiger partial charge < -0.3 is 20.1 Å². The Morgan fingerprint density at radius 2 is 1.61 bits per heavy atom. The highest BCUT2D eigenvalue weighted by Gasteiger charge is 2.21. The predicted octanol–water partition coefficient (Wildman–Crippen LogP) is 4.51. The van der Waals surface area contributed by atoms with Crippen LogP contribution in [0.4, 0.5) is 10.5 Å². The van der Waals surface area contributed by atoms with Crippen LogP contribution in [-0.4, -0.2) is 40.6 Å². The van der Waals surface area contributed by atoms with Gasteiger partial charge in [-0.2, -0.15) is 0 Å². The van der Waals surface area contributed by atoms with Gasteiger partial charge in [-0.25, -0.2) is 13.2 Å². The van der Waals surface area contributed by atoms with Crippen LogP contribution in [0, 0.1) is 0 Å². The number of fused-ring (bicyclic) bond motifs is 1. The lowest BCUT2D eigenvalue weighted by Gasteiger charge is -2.20. The molecule has 1 heterocycles. The number of carbonyl (C=O) groups excluding carboxylic acids is 1. The topological polar surface area (TPSA) is 97.0 Å². The van der Waals surface area contributed by atoms with E-state index in [9.17, 15) is 13.2 Å². The predicted molar refractivity (Wildman–Crippen MR) is 139 cm³/mol. The van der Waals surface area contributed by atoms with Gasteiger partial charge in [0, 0.05) is 18.8 Å². The Morgan fingerprint density at radius 3 is 2.25 bits per heavy atom. The van der Waals surface area contributed by atoms with Gasteiger partial charge in [0.05, 0.1) is 36.5 Å². The monoisotopic (exact) mass is 509 g/mol. The summed E-state index contributed by atoms with van der Waals surface area (Å²) in [6, 6.07) is 16.6. The summed E-state index contributed by atoms with van der Waals surface area (Å²) >= 11 is 0. The number of carbonyl (C=O) groups is 1. The fourth-order valence-corrected chi connectivity index (χ4v) is 5.83. The average Bonchev–Trinajstić information content (AvgIpc) is 3.22. The van der Waals surface area contributed by atoms with E-state index < -0.39 is 21.9 Å². The molecule has 1 aliphatic heterocycles. The lowest BCUT2D eigenvalue weighted by molar-refractivity contribution is 0.249. The van der Waals surface area contributed by atoms with Crippen LogP contribution in [0.2, 0.25) is 0 Å². The molecule has 3 aromatic rings. The van der Waals surface area contributed by atoms with Crippen LogP contribution in [0.15, 0.2) is 65.6 Å². The zero-order chi connectivity index (χ0) is 25.9. The molecule has 0 fully saturated rings. The number of ether oxygens (including phenoxy) is 2. The first-order chi connectivity index (χ1) is 17.2. The zero-order valence-corrected chi connectivity index (χ0v) is 21.7. The van der Waals surface area contributed by atoms with Crippen LogP contribution in [0.5, 0.6) is 11.5 Å². The summed E-state index contributed by atoms with van der Waals surface area (Å²) in [7, 11) is 1.63. The molecule has 3 aromatic carbocycles. The van der Waals surface area contributed by atoms with E-state index in [0.717, 1.165) is 24.2 Å². The molecule has 4 rings (SSSR count). The number of urea groups is 1. The maximum absolute atomic E-state index is 13.0. The number of nitrogens with one attached hydrogen (secondary N) is 2. The van der Waals surface area contributed by atoms with Crippen molar-refractivity contribution in [2.24, 2.45) is 0 Å². The van der Waals surface area contributed by atoms with E-state index in [0.29, 0.717) is 17.2 Å². The SMILES string of the molecule is COc1cccc(OC)c1C(C)NC(=O)Nc1ccc(S(=O)(=O)Cc2ccc3c(c2)CN(C)C3)cc1. The van der Waals surface area contributed by atoms with Crippen LogP contribution in [-0.2, 0) is 28.7 Å². The molecule has 190 valence electrons. The molecule has 0 saturated heterocycles. The van der Waals surface area contributed by atoms with Crippen LogP contribution < -0.4 is 20.1 Å². The summed E-state index contributed by atoms with van der Waals surface area (Å²) in [5.74, 6) is 1.13. The summed E-state index contributed by atoms with van der Waals surface area (Å²) in [5.41, 5.74) is 4.39. The summed E-state index contributed by atoms with van der Waals surface area (Å²) in [4.78, 5) is 15.0. The van der Waals surface area contributed by atoms with E-state index in [2.05, 4.69) is 15.5 Å². The van der Waals surface area contributed by atoms with Crippen molar-refractivity contribution in [2.75, 3.05) is 26.6 Å². The molecule has 9 heteroatoms. The smallest absolute Gasteiger partial charge is 0.319 e. The average molecular weight is 510 g/mol. The Morgan fingerprint density at radius 1 is 0.972 bits per heavy atom. The standard InChI is InChI=1S/C27H31N3O5S/c1-18(26-24(34-3)6-5-7-25(26)35-4)28-27(31)29-22-10-12-23(13-11-22)36(32,33)17-19-8-9-20-15-30(2)16-21(20)14-19/h5-14,18H,15-17H2,1-4H3,(H2,28,29,31). The van der Waals surface area contributed by atoms with E-state index in [1.807, 2.05) is 38.2 Å². The number of amides is 2. The number of methoxy groups -OCH3 is 2. The maximum atomic E-state index is 13.0. The second kappa shape index (κ2) is 10.6. The van der Waals surface area contributed by atoms with Crippen LogP contribution >= 0.6 is 0 Å². The third-order valence-electron chi connectivity index (χ3n) is 6.23. The van der Waals surface area contributed by atoms with E-state index in [4.69, 9.17) is 9.47 Å². The Kier molecular flexibility index (Phi) is 7.51. The zero-order valence-electron chi connectivity index (χ0n) is 20.9. The molecule has 0 radical (unpaired) electrons. The quantitative estimate of drug-likeness (QED) is 0.464. The van der Waals surface area contributed by atoms with Crippen molar-refractivity contribution in [3.63, 3.8) is 0 Å². The van der Waals surface area contributed by atoms with Crippen molar-refractivity contribution in [3.8, 4) is 11.5 Å². The van der Waals surface area contributed by atoms with Gasteiger partial charge in [-0.15, -0.1) is 0 Å². The summed E-state index contributed by atoms with van der Waals surface area (Å²) in [6.07, 6.45) is 0. The molecule has 0 bridgehead atoms. The number of hydrogen-bond acceptors (Lipinski definition) is 6. The molecule has 0 spiro atoms. The van der Waals surface area contributed by atoms with Gasteiger partial charge >= 0.3 is 6.03 Å². The number of benzene rings is 3. The van der Waals surface area contributed by atoms with Crippen molar-refractivity contribution in [3.05, 3.63) is 82.9 Å². The first kappa shape index (κ1) is 25.5. The third kappa shape index (κ3) is 5.63. The maximum Gasteiger partial charge on any atom is 0.319 e. The number of sulfone groups is 1. The van der Waals surface area contributed by atoms with E-state index in [-0.39, 0.29) is 10.6 Å². The van der Waals surface area contributed by atoms with E-state index >= 15 is 0 Å². The number of anilines is 1. The largest absolute Gasteiger partial charge is 0.496 e. The van der Waals surface area contributed by atoms with Crippen molar-refractivity contribution >= 4 is 21.6 Å². The Labute approximate surface area is 212 Å². The molecule has 1 unspecified atom stereocenters. The third-order valence-corrected chi connectivity index (χ3v) is 7.93. The fourth-order valence-electron chi connectivity index (χ4n) is 4.50. The molecular weight excluding hydrogens is 478 g/mol. The molecular formula is C27H31N3O5S. The highest BCUT2D eigenvalue weighted by molar-refractivity contribution is 7.90. The molecule has 0 saturated carbocycles. The van der Waals surface area contributed by atoms with Gasteiger partial charge in [-0.3, -0.25) is 4.90 Å². The Hall–Kier alpha value is -3.56. The molecule has 1 aliphatic rings. The van der Waals surface area contributed by atoms with Gasteiger partial charge in [-0.1, -0.05) is 24.3 Å². The van der Waals surface area contributed by atoms with Crippen molar-refractivity contribution in [2.45, 2.75) is 36.7 Å². The molecule has 2 amide bonds. The van der Waals surface area contributed by atoms with Crippen molar-refractivity contribution in [1.29, 1.82) is 0 Å². The Bertz CT molecular complexity index is 1330. The molecule has 0 aromatic heterocycles. The van der Waals surface area contributed by atoms with Crippen LogP contribution in [0.3, 0.4) is 0 Å². The van der Waals surface area contributed by atoms with Crippen LogP contribution in [0.1, 0.15) is 35.2 Å². The molecule has 0 aliphatic carbocycles. The number of nitrogens with zero attached hydrogens (tertiary/aromatic N) is 1. The second-order valence-electron chi connectivity index (χ2n) is 8.96. The second-order valence-corrected chi connectivity index (χ2v) is 10.9. The molecule has 1 atom stereocenters. The summed E-state index contributed by atoms with van der Waals surface area (Å²) in [5, 5.41) is 5.61. The first-order valence-electron chi connectivity index (χ1n) is 11.6. The summed E-state index contributed by atoms with van der Waals surface area (Å²) in [6.45, 7) is 3.54. The summed E-state index contributed by atoms with van der Waals surface area (Å²) < 4.78 is 36.8. The van der Waals surface area contributed by atoms with Gasteiger partial charge in [-0.05, 0) is 67.1 Å². The van der Waals surface area contributed by atoms with Gasteiger partial charge in [0.25, 0.3) is 0 Å². The molecule has 8 nitrogen and oxygen atoms in total. The minimum Gasteiger partial charge on any atom is -0.496 e. The lowest BCUT2D eigenvalue weighted by atomic mass is 10.1. The number of rotatable bonds is 8.